The van der Waals surface area contributed by atoms with Crippen molar-refractivity contribution in [2.45, 2.75) is 81.1 Å². The lowest BCUT2D eigenvalue weighted by Crippen LogP contribution is -2.32. The van der Waals surface area contributed by atoms with Crippen LogP contribution in [0.3, 0.4) is 0 Å². The van der Waals surface area contributed by atoms with Gasteiger partial charge in [0.15, 0.2) is 11.7 Å². The number of aliphatic imine (C=N–C) groups is 3. The van der Waals surface area contributed by atoms with Gasteiger partial charge in [-0.2, -0.15) is 0 Å². The highest BCUT2D eigenvalue weighted by molar-refractivity contribution is 6.13. The molecule has 5 nitrogen and oxygen atoms in total. The van der Waals surface area contributed by atoms with Crippen LogP contribution in [-0.4, -0.2) is 29.5 Å². The first kappa shape index (κ1) is 47.2. The number of benzene rings is 5. The Kier molecular flexibility index (Phi) is 18.0. The third kappa shape index (κ3) is 12.4. The Balaban J connectivity index is 0.000000345. The molecule has 0 bridgehead atoms. The molecule has 0 saturated carbocycles. The maximum absolute atomic E-state index is 5.52. The van der Waals surface area contributed by atoms with Gasteiger partial charge >= 0.3 is 0 Å². The molecule has 1 aromatic heterocycles. The molecule has 0 aliphatic heterocycles. The second-order valence-electron chi connectivity index (χ2n) is 15.4. The van der Waals surface area contributed by atoms with Crippen LogP contribution in [0.15, 0.2) is 189 Å². The van der Waals surface area contributed by atoms with Gasteiger partial charge in [-0.1, -0.05) is 164 Å². The average molecular weight is 832 g/mol. The quantitative estimate of drug-likeness (QED) is 0.0740. The Morgan fingerprint density at radius 2 is 1.33 bits per heavy atom. The normalized spacial score (nSPS) is 13.8. The molecule has 0 radical (unpaired) electrons. The summed E-state index contributed by atoms with van der Waals surface area (Å²) in [6, 6.07) is 43.8. The standard InChI is InChI=1S/C41H38N4.C8H12.C7H9N.C2H6/c1-5-14-30(6-2)28-43-41(44-40(42-4)32-16-8-7-9-17-32)34-19-13-18-33(27-34)31-23-25-35(26-24-31)45-37-21-11-10-20-36(37)39-29(3)15-12-22-38(39)45;1-7-5-3-4-6-8(7)2;1-6-4-2-3-5-7(6)8;1-2/h5-11,13-14,16-27H,4,12,15,28H2,1-3H3;5-6H,3-4H2,1-2H3;2-5H,8H2,1H3;1-2H3/b14-5-,30-6+,43-41?,44-40?;;;. The van der Waals surface area contributed by atoms with E-state index < -0.39 is 0 Å². The number of allylic oxidation sites excluding steroid dienone is 6. The molecule has 5 heteroatoms. The van der Waals surface area contributed by atoms with Crippen LogP contribution in [-0.2, 0) is 0 Å². The number of nitrogen functional groups attached to an aromatic ring is 1. The minimum atomic E-state index is 0.515. The largest absolute Gasteiger partial charge is 0.399 e. The van der Waals surface area contributed by atoms with E-state index in [2.05, 4.69) is 140 Å². The first-order valence-corrected chi connectivity index (χ1v) is 22.3. The number of amidine groups is 2. The first-order chi connectivity index (χ1) is 30.7. The van der Waals surface area contributed by atoms with Gasteiger partial charge in [0, 0.05) is 33.1 Å². The van der Waals surface area contributed by atoms with Crippen molar-refractivity contribution < 1.29 is 0 Å². The lowest BCUT2D eigenvalue weighted by atomic mass is 10.0. The summed E-state index contributed by atoms with van der Waals surface area (Å²) in [7, 11) is 0. The molecule has 0 amide bonds. The Morgan fingerprint density at radius 3 is 1.95 bits per heavy atom. The smallest absolute Gasteiger partial charge is 0.161 e. The van der Waals surface area contributed by atoms with E-state index in [0.29, 0.717) is 18.2 Å². The third-order valence-electron chi connectivity index (χ3n) is 11.2. The van der Waals surface area contributed by atoms with Crippen LogP contribution >= 0.6 is 0 Å². The highest BCUT2D eigenvalue weighted by Gasteiger charge is 2.14. The van der Waals surface area contributed by atoms with Gasteiger partial charge in [-0.15, -0.1) is 0 Å². The molecular formula is C58H65N5. The average Bonchev–Trinajstić information content (AvgIpc) is 3.67. The zero-order valence-electron chi connectivity index (χ0n) is 38.7. The van der Waals surface area contributed by atoms with Gasteiger partial charge in [0.1, 0.15) is 0 Å². The molecule has 2 aliphatic carbocycles. The molecule has 0 atom stereocenters. The van der Waals surface area contributed by atoms with E-state index >= 15 is 0 Å². The van der Waals surface area contributed by atoms with Crippen molar-refractivity contribution in [2.75, 3.05) is 12.3 Å². The minimum Gasteiger partial charge on any atom is -0.399 e. The highest BCUT2D eigenvalue weighted by Crippen LogP contribution is 2.25. The van der Waals surface area contributed by atoms with Crippen LogP contribution in [0.2, 0.25) is 0 Å². The number of nitrogens with two attached hydrogens (primary N) is 1. The fourth-order valence-electron chi connectivity index (χ4n) is 7.57. The SMILES string of the molecule is C=NC(=NC(=NCC(/C=C\C)=C/C)c1cccc(-c2ccc(-n3c4c(c5ccccc53)=C(C)CCC=4)cc2)c1)c1ccccc1.CC.CC1=CCCC=C1C.Cc1ccccc1N. The lowest BCUT2D eigenvalue weighted by Gasteiger charge is -2.11. The second-order valence-corrected chi connectivity index (χ2v) is 15.4. The van der Waals surface area contributed by atoms with E-state index in [4.69, 9.17) is 15.7 Å². The molecule has 8 rings (SSSR count). The van der Waals surface area contributed by atoms with Crippen LogP contribution in [0.25, 0.3) is 39.4 Å². The summed E-state index contributed by atoms with van der Waals surface area (Å²) in [6.45, 7) is 21.0. The molecule has 6 aromatic rings. The number of para-hydroxylation sites is 2. The maximum atomic E-state index is 5.52. The van der Waals surface area contributed by atoms with Crippen LogP contribution in [0.4, 0.5) is 5.69 Å². The zero-order chi connectivity index (χ0) is 45.1. The molecular weight excluding hydrogens is 767 g/mol. The van der Waals surface area contributed by atoms with Crippen LogP contribution in [0.1, 0.15) is 90.8 Å². The minimum absolute atomic E-state index is 0.515. The molecule has 0 unspecified atom stereocenters. The molecule has 63 heavy (non-hydrogen) atoms. The maximum Gasteiger partial charge on any atom is 0.161 e. The number of aryl methyl sites for hydroxylation is 1. The zero-order valence-corrected chi connectivity index (χ0v) is 38.7. The van der Waals surface area contributed by atoms with E-state index in [1.807, 2.05) is 95.3 Å². The summed E-state index contributed by atoms with van der Waals surface area (Å²) in [5, 5.41) is 4.02. The monoisotopic (exact) mass is 832 g/mol. The van der Waals surface area contributed by atoms with Gasteiger partial charge in [-0.25, -0.2) is 9.98 Å². The molecule has 2 aliphatic rings. The first-order valence-electron chi connectivity index (χ1n) is 22.3. The highest BCUT2D eigenvalue weighted by atomic mass is 15.0. The van der Waals surface area contributed by atoms with Crippen LogP contribution < -0.4 is 16.3 Å². The molecule has 2 N–H and O–H groups in total. The van der Waals surface area contributed by atoms with Crippen LogP contribution in [0, 0.1) is 6.92 Å². The summed E-state index contributed by atoms with van der Waals surface area (Å²) in [5.74, 6) is 1.17. The Bertz CT molecular complexity index is 2750. The fourth-order valence-corrected chi connectivity index (χ4v) is 7.57. The molecule has 5 aromatic carbocycles. The number of fused-ring (bicyclic) bond motifs is 3. The molecule has 0 fully saturated rings. The fraction of sp³-hybridized carbons (Fsp3) is 0.224. The second kappa shape index (κ2) is 24.0. The number of aromatic nitrogens is 1. The van der Waals surface area contributed by atoms with Crippen LogP contribution in [0.5, 0.6) is 0 Å². The number of rotatable bonds is 7. The topological polar surface area (TPSA) is 68.0 Å². The summed E-state index contributed by atoms with van der Waals surface area (Å²) in [6.07, 6.45) is 17.8. The molecule has 1 heterocycles. The van der Waals surface area contributed by atoms with E-state index in [-0.39, 0.29) is 0 Å². The van der Waals surface area contributed by atoms with Gasteiger partial charge in [0.2, 0.25) is 0 Å². The number of anilines is 1. The van der Waals surface area contributed by atoms with E-state index in [1.165, 1.54) is 51.0 Å². The van der Waals surface area contributed by atoms with Crippen molar-refractivity contribution in [1.82, 2.24) is 4.57 Å². The third-order valence-corrected chi connectivity index (χ3v) is 11.2. The van der Waals surface area contributed by atoms with Crippen molar-refractivity contribution >= 4 is 46.6 Å². The van der Waals surface area contributed by atoms with E-state index in [1.54, 1.807) is 0 Å². The number of hydrogen-bond donors (Lipinski definition) is 1. The van der Waals surface area contributed by atoms with Gasteiger partial charge in [-0.3, -0.25) is 4.99 Å². The lowest BCUT2D eigenvalue weighted by molar-refractivity contribution is 0.990. The van der Waals surface area contributed by atoms with Crippen molar-refractivity contribution in [3.63, 3.8) is 0 Å². The Morgan fingerprint density at radius 1 is 0.683 bits per heavy atom. The van der Waals surface area contributed by atoms with Crippen molar-refractivity contribution in [1.29, 1.82) is 0 Å². The summed E-state index contributed by atoms with van der Waals surface area (Å²) < 4.78 is 2.41. The van der Waals surface area contributed by atoms with Gasteiger partial charge < -0.3 is 10.3 Å². The Hall–Kier alpha value is -6.85. The van der Waals surface area contributed by atoms with Gasteiger partial charge in [-0.05, 0) is 127 Å². The summed E-state index contributed by atoms with van der Waals surface area (Å²) in [5.41, 5.74) is 19.5. The summed E-state index contributed by atoms with van der Waals surface area (Å²) >= 11 is 0. The molecule has 322 valence electrons. The van der Waals surface area contributed by atoms with E-state index in [0.717, 1.165) is 57.6 Å². The number of nitrogens with zero attached hydrogens (tertiary/aromatic N) is 4. The van der Waals surface area contributed by atoms with Gasteiger partial charge in [0.05, 0.1) is 17.4 Å². The predicted octanol–water partition coefficient (Wildman–Crippen LogP) is 13.7. The summed E-state index contributed by atoms with van der Waals surface area (Å²) in [4.78, 5) is 14.2. The molecule has 0 spiro atoms. The van der Waals surface area contributed by atoms with Crippen molar-refractivity contribution in [3.8, 4) is 16.8 Å². The van der Waals surface area contributed by atoms with Crippen molar-refractivity contribution in [3.05, 3.63) is 202 Å². The molecule has 0 saturated heterocycles. The number of hydrogen-bond acceptors (Lipinski definition) is 2. The van der Waals surface area contributed by atoms with Crippen molar-refractivity contribution in [2.24, 2.45) is 15.0 Å². The van der Waals surface area contributed by atoms with Gasteiger partial charge in [0.25, 0.3) is 0 Å². The van der Waals surface area contributed by atoms with E-state index in [9.17, 15) is 0 Å². The Labute approximate surface area is 376 Å². The predicted molar refractivity (Wildman–Crippen MR) is 277 cm³/mol.